The topological polar surface area (TPSA) is 57.0 Å². The predicted octanol–water partition coefficient (Wildman–Crippen LogP) is 3.09. The fraction of sp³-hybridized carbons (Fsp3) is 0.278. The van der Waals surface area contributed by atoms with Crippen LogP contribution in [-0.2, 0) is 7.05 Å². The molecule has 0 amide bonds. The van der Waals surface area contributed by atoms with Crippen LogP contribution in [0.3, 0.4) is 0 Å². The number of fused-ring (bicyclic) bond motifs is 1. The third kappa shape index (κ3) is 2.95. The van der Waals surface area contributed by atoms with E-state index < -0.39 is 0 Å². The highest BCUT2D eigenvalue weighted by molar-refractivity contribution is 5.83. The average Bonchev–Trinajstić information content (AvgIpc) is 2.58. The Morgan fingerprint density at radius 3 is 2.74 bits per heavy atom. The molecule has 0 fully saturated rings. The van der Waals surface area contributed by atoms with Gasteiger partial charge in [-0.05, 0) is 37.6 Å². The van der Waals surface area contributed by atoms with Crippen molar-refractivity contribution in [1.29, 1.82) is 0 Å². The number of hydrogen-bond acceptors (Lipinski definition) is 4. The molecule has 0 saturated heterocycles. The third-order valence-electron chi connectivity index (χ3n) is 3.80. The van der Waals surface area contributed by atoms with Gasteiger partial charge in [0.15, 0.2) is 0 Å². The SMILES string of the molecule is CCCOc1ccc(-c2ccc3nc(C)n(C)c(=O)c3c2)nc1. The van der Waals surface area contributed by atoms with Crippen LogP contribution in [-0.4, -0.2) is 21.1 Å². The molecule has 5 heteroatoms. The number of nitrogens with zero attached hydrogens (tertiary/aromatic N) is 3. The third-order valence-corrected chi connectivity index (χ3v) is 3.80. The zero-order valence-corrected chi connectivity index (χ0v) is 13.5. The first-order valence-electron chi connectivity index (χ1n) is 7.66. The van der Waals surface area contributed by atoms with Crippen molar-refractivity contribution < 1.29 is 4.74 Å². The molecule has 23 heavy (non-hydrogen) atoms. The Kier molecular flexibility index (Phi) is 4.10. The lowest BCUT2D eigenvalue weighted by Crippen LogP contribution is -2.20. The van der Waals surface area contributed by atoms with Crippen LogP contribution in [0.5, 0.6) is 5.75 Å². The van der Waals surface area contributed by atoms with Crippen molar-refractivity contribution in [2.24, 2.45) is 7.05 Å². The molecule has 2 heterocycles. The molecule has 0 N–H and O–H groups in total. The van der Waals surface area contributed by atoms with Gasteiger partial charge in [-0.15, -0.1) is 0 Å². The zero-order chi connectivity index (χ0) is 16.4. The molecule has 0 spiro atoms. The number of ether oxygens (including phenoxy) is 1. The van der Waals surface area contributed by atoms with Crippen LogP contribution < -0.4 is 10.3 Å². The Hall–Kier alpha value is -2.69. The van der Waals surface area contributed by atoms with Crippen molar-refractivity contribution in [1.82, 2.24) is 14.5 Å². The molecule has 1 aromatic carbocycles. The van der Waals surface area contributed by atoms with Crippen molar-refractivity contribution in [3.63, 3.8) is 0 Å². The summed E-state index contributed by atoms with van der Waals surface area (Å²) in [6.45, 7) is 4.57. The van der Waals surface area contributed by atoms with E-state index in [1.807, 2.05) is 37.3 Å². The highest BCUT2D eigenvalue weighted by Gasteiger charge is 2.08. The Labute approximate surface area is 134 Å². The molecule has 118 valence electrons. The highest BCUT2D eigenvalue weighted by atomic mass is 16.5. The molecule has 2 aromatic heterocycles. The summed E-state index contributed by atoms with van der Waals surface area (Å²) in [6, 6.07) is 9.44. The molecular weight excluding hydrogens is 290 g/mol. The Morgan fingerprint density at radius 2 is 2.04 bits per heavy atom. The summed E-state index contributed by atoms with van der Waals surface area (Å²) >= 11 is 0. The van der Waals surface area contributed by atoms with E-state index >= 15 is 0 Å². The van der Waals surface area contributed by atoms with Crippen LogP contribution >= 0.6 is 0 Å². The maximum Gasteiger partial charge on any atom is 0.261 e. The summed E-state index contributed by atoms with van der Waals surface area (Å²) in [7, 11) is 1.73. The number of pyridine rings is 1. The maximum absolute atomic E-state index is 12.4. The van der Waals surface area contributed by atoms with E-state index in [2.05, 4.69) is 16.9 Å². The van der Waals surface area contributed by atoms with Gasteiger partial charge in [0.2, 0.25) is 0 Å². The number of aryl methyl sites for hydroxylation is 1. The first-order valence-corrected chi connectivity index (χ1v) is 7.66. The van der Waals surface area contributed by atoms with Crippen molar-refractivity contribution in [2.75, 3.05) is 6.61 Å². The van der Waals surface area contributed by atoms with Crippen LogP contribution in [0.4, 0.5) is 0 Å². The number of hydrogen-bond donors (Lipinski definition) is 0. The predicted molar refractivity (Wildman–Crippen MR) is 90.7 cm³/mol. The van der Waals surface area contributed by atoms with Gasteiger partial charge in [-0.2, -0.15) is 0 Å². The molecule has 0 bridgehead atoms. The molecule has 3 aromatic rings. The second-order valence-electron chi connectivity index (χ2n) is 5.48. The quantitative estimate of drug-likeness (QED) is 0.743. The second kappa shape index (κ2) is 6.20. The zero-order valence-electron chi connectivity index (χ0n) is 13.5. The Bertz CT molecular complexity index is 899. The summed E-state index contributed by atoms with van der Waals surface area (Å²) in [4.78, 5) is 21.3. The first kappa shape index (κ1) is 15.2. The van der Waals surface area contributed by atoms with Crippen LogP contribution in [0.25, 0.3) is 22.2 Å². The average molecular weight is 309 g/mol. The lowest BCUT2D eigenvalue weighted by molar-refractivity contribution is 0.316. The van der Waals surface area contributed by atoms with E-state index in [4.69, 9.17) is 4.74 Å². The lowest BCUT2D eigenvalue weighted by atomic mass is 10.1. The number of rotatable bonds is 4. The van der Waals surface area contributed by atoms with Gasteiger partial charge in [-0.25, -0.2) is 4.98 Å². The Morgan fingerprint density at radius 1 is 1.22 bits per heavy atom. The van der Waals surface area contributed by atoms with Gasteiger partial charge in [0.25, 0.3) is 5.56 Å². The summed E-state index contributed by atoms with van der Waals surface area (Å²) in [5.41, 5.74) is 2.36. The summed E-state index contributed by atoms with van der Waals surface area (Å²) in [6.07, 6.45) is 2.67. The maximum atomic E-state index is 12.4. The fourth-order valence-corrected chi connectivity index (χ4v) is 2.40. The van der Waals surface area contributed by atoms with E-state index in [9.17, 15) is 4.79 Å². The number of benzene rings is 1. The van der Waals surface area contributed by atoms with Crippen molar-refractivity contribution >= 4 is 10.9 Å². The van der Waals surface area contributed by atoms with Crippen LogP contribution in [0.15, 0.2) is 41.3 Å². The molecule has 0 aliphatic heterocycles. The molecule has 0 saturated carbocycles. The standard InChI is InChI=1S/C18H19N3O2/c1-4-9-23-14-6-8-16(19-11-14)13-5-7-17-15(10-13)18(22)21(3)12(2)20-17/h5-8,10-11H,4,9H2,1-3H3. The van der Waals surface area contributed by atoms with Gasteiger partial charge < -0.3 is 4.74 Å². The molecule has 0 atom stereocenters. The van der Waals surface area contributed by atoms with Gasteiger partial charge in [-0.1, -0.05) is 13.0 Å². The van der Waals surface area contributed by atoms with Crippen LogP contribution in [0.1, 0.15) is 19.2 Å². The normalized spacial score (nSPS) is 10.9. The highest BCUT2D eigenvalue weighted by Crippen LogP contribution is 2.22. The van der Waals surface area contributed by atoms with E-state index in [0.717, 1.165) is 23.4 Å². The van der Waals surface area contributed by atoms with Gasteiger partial charge in [-0.3, -0.25) is 14.3 Å². The van der Waals surface area contributed by atoms with E-state index in [1.54, 1.807) is 17.8 Å². The van der Waals surface area contributed by atoms with E-state index in [0.29, 0.717) is 23.3 Å². The molecule has 3 rings (SSSR count). The molecule has 0 aliphatic carbocycles. The summed E-state index contributed by atoms with van der Waals surface area (Å²) in [5.74, 6) is 1.45. The first-order chi connectivity index (χ1) is 11.1. The van der Waals surface area contributed by atoms with Crippen LogP contribution in [0.2, 0.25) is 0 Å². The fourth-order valence-electron chi connectivity index (χ4n) is 2.40. The summed E-state index contributed by atoms with van der Waals surface area (Å²) < 4.78 is 7.10. The largest absolute Gasteiger partial charge is 0.492 e. The number of aromatic nitrogens is 3. The lowest BCUT2D eigenvalue weighted by Gasteiger charge is -2.08. The van der Waals surface area contributed by atoms with Gasteiger partial charge in [0, 0.05) is 12.6 Å². The summed E-state index contributed by atoms with van der Waals surface area (Å²) in [5, 5.41) is 0.601. The molecule has 5 nitrogen and oxygen atoms in total. The molecule has 0 unspecified atom stereocenters. The van der Waals surface area contributed by atoms with Crippen LogP contribution in [0, 0.1) is 6.92 Å². The minimum atomic E-state index is -0.0442. The second-order valence-corrected chi connectivity index (χ2v) is 5.48. The minimum Gasteiger partial charge on any atom is -0.492 e. The minimum absolute atomic E-state index is 0.0442. The molecule has 0 radical (unpaired) electrons. The van der Waals surface area contributed by atoms with Gasteiger partial charge in [0.05, 0.1) is 29.4 Å². The van der Waals surface area contributed by atoms with Gasteiger partial charge >= 0.3 is 0 Å². The van der Waals surface area contributed by atoms with Crippen molar-refractivity contribution in [3.8, 4) is 17.0 Å². The van der Waals surface area contributed by atoms with Crippen molar-refractivity contribution in [2.45, 2.75) is 20.3 Å². The van der Waals surface area contributed by atoms with E-state index in [1.165, 1.54) is 0 Å². The van der Waals surface area contributed by atoms with Gasteiger partial charge in [0.1, 0.15) is 11.6 Å². The molecule has 0 aliphatic rings. The Balaban J connectivity index is 2.02. The van der Waals surface area contributed by atoms with Crippen molar-refractivity contribution in [3.05, 3.63) is 52.7 Å². The molecular formula is C18H19N3O2. The van der Waals surface area contributed by atoms with E-state index in [-0.39, 0.29) is 5.56 Å². The monoisotopic (exact) mass is 309 g/mol. The smallest absolute Gasteiger partial charge is 0.261 e.